The molecule has 2 aliphatic heterocycles. The summed E-state index contributed by atoms with van der Waals surface area (Å²) in [5.41, 5.74) is 2.23. The van der Waals surface area contributed by atoms with Gasteiger partial charge in [0.25, 0.3) is 5.91 Å². The first-order valence-electron chi connectivity index (χ1n) is 9.72. The van der Waals surface area contributed by atoms with E-state index in [1.165, 1.54) is 7.11 Å². The predicted octanol–water partition coefficient (Wildman–Crippen LogP) is 2.23. The minimum absolute atomic E-state index is 0.0577. The molecule has 10 heteroatoms. The molecule has 0 saturated carbocycles. The van der Waals surface area contributed by atoms with Crippen LogP contribution in [0.2, 0.25) is 0 Å². The number of ether oxygens (including phenoxy) is 2. The van der Waals surface area contributed by atoms with Crippen LogP contribution in [0.5, 0.6) is 11.6 Å². The van der Waals surface area contributed by atoms with Crippen molar-refractivity contribution in [3.8, 4) is 11.6 Å². The summed E-state index contributed by atoms with van der Waals surface area (Å²) < 4.78 is 38.8. The summed E-state index contributed by atoms with van der Waals surface area (Å²) in [7, 11) is -0.429. The Morgan fingerprint density at radius 3 is 2.83 bits per heavy atom. The lowest BCUT2D eigenvalue weighted by Gasteiger charge is -2.32. The number of sulfonamides is 1. The van der Waals surface area contributed by atoms with E-state index in [9.17, 15) is 13.2 Å². The van der Waals surface area contributed by atoms with Gasteiger partial charge in [0.15, 0.2) is 0 Å². The average molecular weight is 433 g/mol. The molecule has 2 aliphatic rings. The lowest BCUT2D eigenvalue weighted by Crippen LogP contribution is -2.30. The van der Waals surface area contributed by atoms with E-state index in [1.54, 1.807) is 42.4 Å². The maximum atomic E-state index is 12.9. The number of hydrogen-bond acceptors (Lipinski definition) is 7. The smallest absolute Gasteiger partial charge is 0.253 e. The largest absolute Gasteiger partial charge is 0.490 e. The van der Waals surface area contributed by atoms with E-state index in [2.05, 4.69) is 9.71 Å². The zero-order valence-corrected chi connectivity index (χ0v) is 17.7. The van der Waals surface area contributed by atoms with Crippen LogP contribution in [0.25, 0.3) is 0 Å². The van der Waals surface area contributed by atoms with Crippen molar-refractivity contribution in [3.05, 3.63) is 36.0 Å². The second-order valence-corrected chi connectivity index (χ2v) is 9.13. The Labute approximate surface area is 175 Å². The fourth-order valence-electron chi connectivity index (χ4n) is 3.63. The first-order valence-corrected chi connectivity index (χ1v) is 11.4. The van der Waals surface area contributed by atoms with E-state index in [4.69, 9.17) is 9.47 Å². The van der Waals surface area contributed by atoms with Gasteiger partial charge in [-0.3, -0.25) is 9.52 Å². The average Bonchev–Trinajstić information content (AvgIpc) is 2.74. The number of pyridine rings is 1. The van der Waals surface area contributed by atoms with Crippen molar-refractivity contribution in [3.63, 3.8) is 0 Å². The third-order valence-electron chi connectivity index (χ3n) is 5.18. The van der Waals surface area contributed by atoms with Gasteiger partial charge in [-0.25, -0.2) is 13.4 Å². The summed E-state index contributed by atoms with van der Waals surface area (Å²) in [4.78, 5) is 20.7. The van der Waals surface area contributed by atoms with E-state index < -0.39 is 10.0 Å². The van der Waals surface area contributed by atoms with Crippen LogP contribution in [0.15, 0.2) is 30.5 Å². The summed E-state index contributed by atoms with van der Waals surface area (Å²) >= 11 is 0. The predicted molar refractivity (Wildman–Crippen MR) is 113 cm³/mol. The molecule has 9 nitrogen and oxygen atoms in total. The van der Waals surface area contributed by atoms with E-state index in [0.29, 0.717) is 49.5 Å². The number of fused-ring (bicyclic) bond motifs is 4. The second kappa shape index (κ2) is 8.02. The number of benzene rings is 1. The number of hydrogen-bond donors (Lipinski definition) is 1. The highest BCUT2D eigenvalue weighted by molar-refractivity contribution is 7.92. The molecular formula is C20H24N4O5S. The van der Waals surface area contributed by atoms with Crippen molar-refractivity contribution in [1.82, 2.24) is 9.88 Å². The maximum absolute atomic E-state index is 12.9. The molecule has 4 rings (SSSR count). The third-order valence-corrected chi connectivity index (χ3v) is 6.54. The van der Waals surface area contributed by atoms with Crippen molar-refractivity contribution in [2.24, 2.45) is 0 Å². The van der Waals surface area contributed by atoms with Crippen molar-refractivity contribution in [1.29, 1.82) is 0 Å². The fraction of sp³-hybridized carbons (Fsp3) is 0.400. The summed E-state index contributed by atoms with van der Waals surface area (Å²) in [6.07, 6.45) is 2.61. The van der Waals surface area contributed by atoms with E-state index in [0.717, 1.165) is 5.69 Å². The number of aromatic nitrogens is 1. The Hall–Kier alpha value is -3.01. The SMILES string of the molecule is COc1ncc2cc1NS(=O)(=O)CCCCN(C)C(=O)c1ccc3c(c1)N2CCO3. The first kappa shape index (κ1) is 20.3. The molecule has 0 fully saturated rings. The molecule has 30 heavy (non-hydrogen) atoms. The molecule has 0 radical (unpaired) electrons. The number of methoxy groups -OCH3 is 1. The van der Waals surface area contributed by atoms with Gasteiger partial charge in [-0.2, -0.15) is 0 Å². The fourth-order valence-corrected chi connectivity index (χ4v) is 4.79. The van der Waals surface area contributed by atoms with Crippen LogP contribution in [0.3, 0.4) is 0 Å². The van der Waals surface area contributed by atoms with Crippen molar-refractivity contribution < 1.29 is 22.7 Å². The van der Waals surface area contributed by atoms with E-state index in [1.807, 2.05) is 4.90 Å². The molecule has 4 bridgehead atoms. The van der Waals surface area contributed by atoms with Crippen LogP contribution in [0.4, 0.5) is 17.1 Å². The zero-order valence-electron chi connectivity index (χ0n) is 16.9. The number of rotatable bonds is 1. The van der Waals surface area contributed by atoms with Gasteiger partial charge in [0, 0.05) is 19.2 Å². The number of carbonyl (C=O) groups excluding carboxylic acids is 1. The van der Waals surface area contributed by atoms with Crippen LogP contribution < -0.4 is 19.1 Å². The molecule has 1 aromatic heterocycles. The summed E-state index contributed by atoms with van der Waals surface area (Å²) in [5.74, 6) is 0.678. The molecule has 0 spiro atoms. The Balaban J connectivity index is 1.84. The second-order valence-electron chi connectivity index (χ2n) is 7.29. The zero-order chi connectivity index (χ0) is 21.3. The first-order chi connectivity index (χ1) is 14.4. The van der Waals surface area contributed by atoms with Crippen LogP contribution in [-0.4, -0.2) is 63.8 Å². The highest BCUT2D eigenvalue weighted by Crippen LogP contribution is 2.39. The summed E-state index contributed by atoms with van der Waals surface area (Å²) in [5, 5.41) is 0. The highest BCUT2D eigenvalue weighted by Gasteiger charge is 2.25. The minimum Gasteiger partial charge on any atom is -0.490 e. The molecule has 0 atom stereocenters. The van der Waals surface area contributed by atoms with Gasteiger partial charge in [0.2, 0.25) is 15.9 Å². The van der Waals surface area contributed by atoms with E-state index in [-0.39, 0.29) is 23.2 Å². The van der Waals surface area contributed by atoms with Crippen molar-refractivity contribution >= 4 is 33.0 Å². The van der Waals surface area contributed by atoms with Gasteiger partial charge in [-0.15, -0.1) is 0 Å². The Kier molecular flexibility index (Phi) is 5.42. The van der Waals surface area contributed by atoms with Crippen molar-refractivity contribution in [2.75, 3.05) is 49.2 Å². The van der Waals surface area contributed by atoms with Gasteiger partial charge in [0.1, 0.15) is 18.0 Å². The quantitative estimate of drug-likeness (QED) is 0.737. The molecule has 1 aromatic carbocycles. The Bertz CT molecular complexity index is 1070. The Morgan fingerprint density at radius 1 is 1.20 bits per heavy atom. The molecule has 0 saturated heterocycles. The number of nitrogens with one attached hydrogen (secondary N) is 1. The molecule has 3 heterocycles. The van der Waals surface area contributed by atoms with Gasteiger partial charge in [-0.05, 0) is 37.1 Å². The lowest BCUT2D eigenvalue weighted by atomic mass is 10.1. The van der Waals surface area contributed by atoms with Gasteiger partial charge in [-0.1, -0.05) is 0 Å². The topological polar surface area (TPSA) is 101 Å². The standard InChI is InChI=1S/C20H24N4O5S/c1-23-7-3-4-10-30(26,27)22-16-12-15(13-21-19(16)28-2)24-8-9-29-18-6-5-14(20(23)25)11-17(18)24/h5-6,11-13,22H,3-4,7-10H2,1-2H3. The summed E-state index contributed by atoms with van der Waals surface area (Å²) in [6.45, 7) is 1.44. The molecule has 2 aromatic rings. The molecule has 160 valence electrons. The number of carbonyl (C=O) groups is 1. The molecule has 1 N–H and O–H groups in total. The highest BCUT2D eigenvalue weighted by atomic mass is 32.2. The van der Waals surface area contributed by atoms with Gasteiger partial charge < -0.3 is 19.3 Å². The molecule has 0 unspecified atom stereocenters. The van der Waals surface area contributed by atoms with Crippen LogP contribution in [0, 0.1) is 0 Å². The Morgan fingerprint density at radius 2 is 2.03 bits per heavy atom. The normalized spacial score (nSPS) is 18.5. The number of amides is 1. The lowest BCUT2D eigenvalue weighted by molar-refractivity contribution is 0.0793. The van der Waals surface area contributed by atoms with Gasteiger partial charge >= 0.3 is 0 Å². The van der Waals surface area contributed by atoms with Crippen LogP contribution in [-0.2, 0) is 10.0 Å². The minimum atomic E-state index is -3.59. The van der Waals surface area contributed by atoms with Crippen LogP contribution in [0.1, 0.15) is 23.2 Å². The summed E-state index contributed by atoms with van der Waals surface area (Å²) in [6, 6.07) is 7.05. The third kappa shape index (κ3) is 4.00. The number of anilines is 3. The number of nitrogens with zero attached hydrogens (tertiary/aromatic N) is 3. The molecule has 1 amide bonds. The van der Waals surface area contributed by atoms with E-state index >= 15 is 0 Å². The van der Waals surface area contributed by atoms with Crippen molar-refractivity contribution in [2.45, 2.75) is 12.8 Å². The monoisotopic (exact) mass is 432 g/mol. The molecule has 0 aliphatic carbocycles. The maximum Gasteiger partial charge on any atom is 0.253 e. The van der Waals surface area contributed by atoms with Gasteiger partial charge in [0.05, 0.1) is 37.0 Å². The molecular weight excluding hydrogens is 408 g/mol. The van der Waals surface area contributed by atoms with Crippen LogP contribution >= 0.6 is 0 Å².